The molecule has 0 saturated carbocycles. The Hall–Kier alpha value is -4.25. The van der Waals surface area contributed by atoms with Crippen molar-refractivity contribution in [3.63, 3.8) is 0 Å². The highest BCUT2D eigenvalue weighted by molar-refractivity contribution is 5.92. The zero-order valence-electron chi connectivity index (χ0n) is 31.8. The molecule has 0 aliphatic rings. The van der Waals surface area contributed by atoms with Crippen molar-refractivity contribution in [3.05, 3.63) is 71.8 Å². The van der Waals surface area contributed by atoms with Crippen molar-refractivity contribution in [1.82, 2.24) is 26.6 Å². The molecule has 0 spiro atoms. The molecule has 11 heteroatoms. The Morgan fingerprint density at radius 1 is 0.627 bits per heavy atom. The van der Waals surface area contributed by atoms with Crippen LogP contribution in [0, 0.1) is 23.7 Å². The number of nitrogens with two attached hydrogens (primary N) is 1. The summed E-state index contributed by atoms with van der Waals surface area (Å²) in [6.45, 7) is 15.7. The SMILES string of the molecule is CC[C@H](C)[C@H](NC(=O)C[C@H](N)[C@H](Cc1ccccc1)NC(=O)[C@@H](NC(=O)[C@H](CC(C)C)NC(=O)CC(C)C)C(C)C)C(=O)NCc1ccccc1. The van der Waals surface area contributed by atoms with Crippen LogP contribution in [0.5, 0.6) is 0 Å². The molecule has 0 saturated heterocycles. The molecule has 0 aliphatic heterocycles. The van der Waals surface area contributed by atoms with E-state index in [2.05, 4.69) is 26.6 Å². The third kappa shape index (κ3) is 15.7. The second kappa shape index (κ2) is 21.9. The van der Waals surface area contributed by atoms with Crippen molar-refractivity contribution in [2.45, 2.75) is 124 Å². The van der Waals surface area contributed by atoms with Crippen LogP contribution in [0.1, 0.15) is 92.2 Å². The normalized spacial score (nSPS) is 14.9. The van der Waals surface area contributed by atoms with E-state index in [0.29, 0.717) is 32.2 Å². The van der Waals surface area contributed by atoms with Gasteiger partial charge in [-0.05, 0) is 47.6 Å². The molecule has 7 N–H and O–H groups in total. The number of nitrogens with one attached hydrogen (secondary N) is 5. The molecule has 5 amide bonds. The average Bonchev–Trinajstić information content (AvgIpc) is 3.07. The van der Waals surface area contributed by atoms with E-state index in [1.165, 1.54) is 0 Å². The second-order valence-electron chi connectivity index (χ2n) is 14.9. The minimum absolute atomic E-state index is 0.126. The molecule has 2 aromatic rings. The van der Waals surface area contributed by atoms with Gasteiger partial charge in [-0.2, -0.15) is 0 Å². The van der Waals surface area contributed by atoms with Gasteiger partial charge in [0.05, 0.1) is 0 Å². The van der Waals surface area contributed by atoms with Gasteiger partial charge in [0.25, 0.3) is 0 Å². The van der Waals surface area contributed by atoms with Gasteiger partial charge in [-0.15, -0.1) is 0 Å². The molecule has 0 unspecified atom stereocenters. The molecule has 0 aromatic heterocycles. The summed E-state index contributed by atoms with van der Waals surface area (Å²) in [5.41, 5.74) is 8.53. The Bertz CT molecular complexity index is 1380. The van der Waals surface area contributed by atoms with Crippen LogP contribution in [0.4, 0.5) is 0 Å². The summed E-state index contributed by atoms with van der Waals surface area (Å²) < 4.78 is 0. The lowest BCUT2D eigenvalue weighted by atomic mass is 9.94. The number of hydrogen-bond donors (Lipinski definition) is 6. The van der Waals surface area contributed by atoms with Crippen molar-refractivity contribution in [2.75, 3.05) is 0 Å². The predicted octanol–water partition coefficient (Wildman–Crippen LogP) is 4.00. The van der Waals surface area contributed by atoms with Gasteiger partial charge < -0.3 is 32.3 Å². The number of carbonyl (C=O) groups excluding carboxylic acids is 5. The molecular formula is C40H62N6O5. The number of hydrogen-bond acceptors (Lipinski definition) is 6. The Labute approximate surface area is 305 Å². The lowest BCUT2D eigenvalue weighted by Gasteiger charge is -2.31. The zero-order valence-corrected chi connectivity index (χ0v) is 31.8. The van der Waals surface area contributed by atoms with Gasteiger partial charge in [-0.1, -0.05) is 122 Å². The van der Waals surface area contributed by atoms with E-state index in [0.717, 1.165) is 11.1 Å². The monoisotopic (exact) mass is 706 g/mol. The molecule has 2 rings (SSSR count). The Kier molecular flexibility index (Phi) is 18.4. The fourth-order valence-electron chi connectivity index (χ4n) is 5.75. The van der Waals surface area contributed by atoms with Gasteiger partial charge in [0.2, 0.25) is 29.5 Å². The average molecular weight is 707 g/mol. The van der Waals surface area contributed by atoms with Crippen LogP contribution in [0.2, 0.25) is 0 Å². The standard InChI is InChI=1S/C40H62N6O5/c1-9-28(8)37(39(50)42-24-30-18-14-11-15-19-30)45-35(48)23-31(41)32(22-29-16-12-10-13-17-29)44-40(51)36(27(6)7)46-38(49)33(20-25(2)3)43-34(47)21-26(4)5/h10-19,25-28,31-33,36-37H,9,20-24,41H2,1-8H3,(H,42,50)(H,43,47)(H,44,51)(H,45,48)(H,46,49)/t28-,31-,32-,33-,36-,37-/m0/s1. The number of carbonyl (C=O) groups is 5. The van der Waals surface area contributed by atoms with Gasteiger partial charge >= 0.3 is 0 Å². The highest BCUT2D eigenvalue weighted by Crippen LogP contribution is 2.14. The summed E-state index contributed by atoms with van der Waals surface area (Å²) in [5.74, 6) is -1.94. The third-order valence-electron chi connectivity index (χ3n) is 8.88. The van der Waals surface area contributed by atoms with Crippen LogP contribution in [0.15, 0.2) is 60.7 Å². The van der Waals surface area contributed by atoms with Gasteiger partial charge in [0.15, 0.2) is 0 Å². The summed E-state index contributed by atoms with van der Waals surface area (Å²) in [6, 6.07) is 15.1. The summed E-state index contributed by atoms with van der Waals surface area (Å²) >= 11 is 0. The molecule has 0 aliphatic carbocycles. The summed E-state index contributed by atoms with van der Waals surface area (Å²) in [6.07, 6.45) is 1.57. The molecule has 0 heterocycles. The smallest absolute Gasteiger partial charge is 0.243 e. The number of amides is 5. The van der Waals surface area contributed by atoms with E-state index in [4.69, 9.17) is 5.73 Å². The molecule has 11 nitrogen and oxygen atoms in total. The van der Waals surface area contributed by atoms with Crippen LogP contribution in [-0.4, -0.2) is 59.7 Å². The molecule has 2 aromatic carbocycles. The minimum Gasteiger partial charge on any atom is -0.350 e. The molecule has 6 atom stereocenters. The molecule has 282 valence electrons. The highest BCUT2D eigenvalue weighted by Gasteiger charge is 2.33. The van der Waals surface area contributed by atoms with E-state index in [1.807, 2.05) is 116 Å². The first kappa shape index (κ1) is 42.9. The summed E-state index contributed by atoms with van der Waals surface area (Å²) in [7, 11) is 0. The Morgan fingerprint density at radius 2 is 1.20 bits per heavy atom. The summed E-state index contributed by atoms with van der Waals surface area (Å²) in [4.78, 5) is 66.7. The van der Waals surface area contributed by atoms with Gasteiger partial charge in [0.1, 0.15) is 18.1 Å². The van der Waals surface area contributed by atoms with E-state index in [-0.39, 0.29) is 41.9 Å². The van der Waals surface area contributed by atoms with Gasteiger partial charge in [-0.25, -0.2) is 0 Å². The Balaban J connectivity index is 2.21. The van der Waals surface area contributed by atoms with E-state index >= 15 is 0 Å². The van der Waals surface area contributed by atoms with Crippen LogP contribution >= 0.6 is 0 Å². The molecule has 0 radical (unpaired) electrons. The second-order valence-corrected chi connectivity index (χ2v) is 14.9. The van der Waals surface area contributed by atoms with Crippen molar-refractivity contribution in [1.29, 1.82) is 0 Å². The maximum absolute atomic E-state index is 13.9. The third-order valence-corrected chi connectivity index (χ3v) is 8.88. The van der Waals surface area contributed by atoms with Crippen LogP contribution in [-0.2, 0) is 36.9 Å². The predicted molar refractivity (Wildman–Crippen MR) is 202 cm³/mol. The van der Waals surface area contributed by atoms with Gasteiger partial charge in [0, 0.05) is 31.5 Å². The molecular weight excluding hydrogens is 644 g/mol. The van der Waals surface area contributed by atoms with E-state index < -0.39 is 47.9 Å². The van der Waals surface area contributed by atoms with Crippen molar-refractivity contribution in [2.24, 2.45) is 29.4 Å². The van der Waals surface area contributed by atoms with Crippen molar-refractivity contribution >= 4 is 29.5 Å². The molecule has 51 heavy (non-hydrogen) atoms. The maximum atomic E-state index is 13.9. The quantitative estimate of drug-likeness (QED) is 0.115. The van der Waals surface area contributed by atoms with Crippen molar-refractivity contribution in [3.8, 4) is 0 Å². The van der Waals surface area contributed by atoms with Crippen LogP contribution < -0.4 is 32.3 Å². The lowest BCUT2D eigenvalue weighted by molar-refractivity contribution is -0.133. The van der Waals surface area contributed by atoms with Gasteiger partial charge in [-0.3, -0.25) is 24.0 Å². The zero-order chi connectivity index (χ0) is 38.1. The topological polar surface area (TPSA) is 172 Å². The summed E-state index contributed by atoms with van der Waals surface area (Å²) in [5, 5.41) is 14.6. The number of benzene rings is 2. The molecule has 0 fully saturated rings. The van der Waals surface area contributed by atoms with E-state index in [9.17, 15) is 24.0 Å². The van der Waals surface area contributed by atoms with Crippen molar-refractivity contribution < 1.29 is 24.0 Å². The lowest BCUT2D eigenvalue weighted by Crippen LogP contribution is -2.59. The first-order chi connectivity index (χ1) is 24.1. The van der Waals surface area contributed by atoms with Crippen LogP contribution in [0.3, 0.4) is 0 Å². The fraction of sp³-hybridized carbons (Fsp3) is 0.575. The molecule has 0 bridgehead atoms. The first-order valence-electron chi connectivity index (χ1n) is 18.4. The fourth-order valence-corrected chi connectivity index (χ4v) is 5.75. The van der Waals surface area contributed by atoms with Crippen LogP contribution in [0.25, 0.3) is 0 Å². The maximum Gasteiger partial charge on any atom is 0.243 e. The minimum atomic E-state index is -0.920. The Morgan fingerprint density at radius 3 is 1.73 bits per heavy atom. The first-order valence-corrected chi connectivity index (χ1v) is 18.4. The highest BCUT2D eigenvalue weighted by atomic mass is 16.2. The number of rotatable bonds is 21. The van der Waals surface area contributed by atoms with E-state index in [1.54, 1.807) is 0 Å². The largest absolute Gasteiger partial charge is 0.350 e.